The maximum atomic E-state index is 12.3. The highest BCUT2D eigenvalue weighted by Gasteiger charge is 2.21. The van der Waals surface area contributed by atoms with Crippen LogP contribution in [0.1, 0.15) is 17.3 Å². The fourth-order valence-electron chi connectivity index (χ4n) is 2.06. The maximum absolute atomic E-state index is 12.3. The standard InChI is InChI=1S/C18H17Cl3N2O3/c1-10(17(24)22-16-14(20)8-12(19)9-15(16)21)26-18(25)11-4-6-13(7-5-11)23(2)3/h4-10H,1-3H3,(H,22,24)/t10-/m1/s1. The van der Waals surface area contributed by atoms with E-state index >= 15 is 0 Å². The summed E-state index contributed by atoms with van der Waals surface area (Å²) in [6, 6.07) is 9.74. The van der Waals surface area contributed by atoms with Gasteiger partial charge in [-0.15, -0.1) is 0 Å². The van der Waals surface area contributed by atoms with Crippen LogP contribution in [0, 0.1) is 0 Å². The largest absolute Gasteiger partial charge is 0.449 e. The molecule has 2 rings (SSSR count). The lowest BCUT2D eigenvalue weighted by Gasteiger charge is -2.16. The fraction of sp³-hybridized carbons (Fsp3) is 0.222. The van der Waals surface area contributed by atoms with E-state index in [2.05, 4.69) is 5.32 Å². The van der Waals surface area contributed by atoms with Crippen LogP contribution < -0.4 is 10.2 Å². The van der Waals surface area contributed by atoms with Gasteiger partial charge in [-0.25, -0.2) is 4.79 Å². The summed E-state index contributed by atoms with van der Waals surface area (Å²) >= 11 is 17.9. The van der Waals surface area contributed by atoms with Crippen molar-refractivity contribution in [1.29, 1.82) is 0 Å². The third-order valence-electron chi connectivity index (χ3n) is 3.53. The Hall–Kier alpha value is -1.95. The molecule has 8 heteroatoms. The molecule has 2 aromatic carbocycles. The third-order valence-corrected chi connectivity index (χ3v) is 4.34. The number of hydrogen-bond acceptors (Lipinski definition) is 4. The molecular formula is C18H17Cl3N2O3. The highest BCUT2D eigenvalue weighted by molar-refractivity contribution is 6.42. The number of halogens is 3. The molecule has 138 valence electrons. The molecule has 0 fully saturated rings. The number of esters is 1. The van der Waals surface area contributed by atoms with Gasteiger partial charge in [0.1, 0.15) is 0 Å². The van der Waals surface area contributed by atoms with Crippen LogP contribution in [-0.2, 0) is 9.53 Å². The van der Waals surface area contributed by atoms with Crippen molar-refractivity contribution >= 4 is 58.1 Å². The van der Waals surface area contributed by atoms with Crippen LogP contribution in [0.2, 0.25) is 15.1 Å². The van der Waals surface area contributed by atoms with E-state index in [1.807, 2.05) is 19.0 Å². The molecule has 0 spiro atoms. The van der Waals surface area contributed by atoms with Crippen LogP contribution in [0.5, 0.6) is 0 Å². The third kappa shape index (κ3) is 5.04. The van der Waals surface area contributed by atoms with E-state index in [0.717, 1.165) is 5.69 Å². The molecule has 0 saturated carbocycles. The van der Waals surface area contributed by atoms with Gasteiger partial charge >= 0.3 is 5.97 Å². The quantitative estimate of drug-likeness (QED) is 0.706. The average molecular weight is 416 g/mol. The normalized spacial score (nSPS) is 11.6. The number of anilines is 2. The predicted molar refractivity (Wildman–Crippen MR) is 106 cm³/mol. The van der Waals surface area contributed by atoms with Crippen molar-refractivity contribution < 1.29 is 14.3 Å². The Morgan fingerprint density at radius 3 is 2.08 bits per heavy atom. The number of amides is 1. The Kier molecular flexibility index (Phi) is 6.75. The highest BCUT2D eigenvalue weighted by atomic mass is 35.5. The SMILES string of the molecule is C[C@@H](OC(=O)c1ccc(N(C)C)cc1)C(=O)Nc1c(Cl)cc(Cl)cc1Cl. The minimum absolute atomic E-state index is 0.189. The van der Waals surface area contributed by atoms with Crippen molar-refractivity contribution in [2.45, 2.75) is 13.0 Å². The van der Waals surface area contributed by atoms with Crippen molar-refractivity contribution in [3.8, 4) is 0 Å². The number of nitrogens with zero attached hydrogens (tertiary/aromatic N) is 1. The Morgan fingerprint density at radius 1 is 1.04 bits per heavy atom. The second-order valence-corrected chi connectivity index (χ2v) is 6.97. The van der Waals surface area contributed by atoms with Gasteiger partial charge in [-0.2, -0.15) is 0 Å². The molecule has 0 saturated heterocycles. The zero-order valence-electron chi connectivity index (χ0n) is 14.3. The molecule has 1 N–H and O–H groups in total. The molecule has 0 bridgehead atoms. The second-order valence-electron chi connectivity index (χ2n) is 5.72. The van der Waals surface area contributed by atoms with E-state index in [1.165, 1.54) is 19.1 Å². The molecular weight excluding hydrogens is 399 g/mol. The predicted octanol–water partition coefficient (Wildman–Crippen LogP) is 4.90. The fourth-order valence-corrected chi connectivity index (χ4v) is 2.98. The zero-order valence-corrected chi connectivity index (χ0v) is 16.6. The monoisotopic (exact) mass is 414 g/mol. The van der Waals surface area contributed by atoms with Gasteiger partial charge in [-0.1, -0.05) is 34.8 Å². The second kappa shape index (κ2) is 8.62. The van der Waals surface area contributed by atoms with Crippen molar-refractivity contribution in [3.05, 3.63) is 57.0 Å². The molecule has 0 aliphatic carbocycles. The Morgan fingerprint density at radius 2 is 1.58 bits per heavy atom. The number of carbonyl (C=O) groups excluding carboxylic acids is 2. The molecule has 0 aliphatic rings. The number of nitrogens with one attached hydrogen (secondary N) is 1. The number of rotatable bonds is 5. The average Bonchev–Trinajstić information content (AvgIpc) is 2.57. The first-order valence-electron chi connectivity index (χ1n) is 7.63. The lowest BCUT2D eigenvalue weighted by molar-refractivity contribution is -0.123. The molecule has 0 aromatic heterocycles. The zero-order chi connectivity index (χ0) is 19.4. The van der Waals surface area contributed by atoms with Gasteiger partial charge in [0.25, 0.3) is 5.91 Å². The van der Waals surface area contributed by atoms with Gasteiger partial charge < -0.3 is 15.0 Å². The molecule has 1 amide bonds. The van der Waals surface area contributed by atoms with Crippen LogP contribution in [0.25, 0.3) is 0 Å². The Labute approximate surface area is 166 Å². The van der Waals surface area contributed by atoms with E-state index in [9.17, 15) is 9.59 Å². The summed E-state index contributed by atoms with van der Waals surface area (Å²) in [7, 11) is 3.79. The van der Waals surface area contributed by atoms with Gasteiger partial charge in [0, 0.05) is 24.8 Å². The molecule has 0 radical (unpaired) electrons. The van der Waals surface area contributed by atoms with Crippen molar-refractivity contribution in [3.63, 3.8) is 0 Å². The van der Waals surface area contributed by atoms with Gasteiger partial charge in [0.2, 0.25) is 0 Å². The van der Waals surface area contributed by atoms with E-state index < -0.39 is 18.0 Å². The first-order chi connectivity index (χ1) is 12.2. The van der Waals surface area contributed by atoms with Crippen LogP contribution in [-0.4, -0.2) is 32.1 Å². The van der Waals surface area contributed by atoms with E-state index in [1.54, 1.807) is 24.3 Å². The summed E-state index contributed by atoms with van der Waals surface area (Å²) in [6.45, 7) is 1.46. The van der Waals surface area contributed by atoms with Gasteiger partial charge in [-0.3, -0.25) is 4.79 Å². The Balaban J connectivity index is 2.03. The lowest BCUT2D eigenvalue weighted by Crippen LogP contribution is -2.30. The minimum atomic E-state index is -1.04. The van der Waals surface area contributed by atoms with Crippen LogP contribution in [0.15, 0.2) is 36.4 Å². The summed E-state index contributed by atoms with van der Waals surface area (Å²) in [4.78, 5) is 26.4. The topological polar surface area (TPSA) is 58.6 Å². The van der Waals surface area contributed by atoms with Crippen LogP contribution in [0.3, 0.4) is 0 Å². The lowest BCUT2D eigenvalue weighted by atomic mass is 10.2. The summed E-state index contributed by atoms with van der Waals surface area (Å²) in [5.74, 6) is -1.17. The molecule has 0 heterocycles. The highest BCUT2D eigenvalue weighted by Crippen LogP contribution is 2.33. The van der Waals surface area contributed by atoms with E-state index in [0.29, 0.717) is 10.6 Å². The van der Waals surface area contributed by atoms with E-state index in [-0.39, 0.29) is 15.7 Å². The maximum Gasteiger partial charge on any atom is 0.338 e. The summed E-state index contributed by atoms with van der Waals surface area (Å²) in [6.07, 6.45) is -1.04. The van der Waals surface area contributed by atoms with Crippen molar-refractivity contribution in [1.82, 2.24) is 0 Å². The van der Waals surface area contributed by atoms with E-state index in [4.69, 9.17) is 39.5 Å². The molecule has 2 aromatic rings. The summed E-state index contributed by atoms with van der Waals surface area (Å²) < 4.78 is 5.20. The van der Waals surface area contributed by atoms with Crippen LogP contribution >= 0.6 is 34.8 Å². The number of benzene rings is 2. The van der Waals surface area contributed by atoms with Gasteiger partial charge in [0.15, 0.2) is 6.10 Å². The number of carbonyl (C=O) groups is 2. The number of ether oxygens (including phenoxy) is 1. The summed E-state index contributed by atoms with van der Waals surface area (Å²) in [5, 5.41) is 3.26. The summed E-state index contributed by atoms with van der Waals surface area (Å²) in [5.41, 5.74) is 1.50. The van der Waals surface area contributed by atoms with Crippen LogP contribution in [0.4, 0.5) is 11.4 Å². The minimum Gasteiger partial charge on any atom is -0.449 e. The molecule has 1 atom stereocenters. The smallest absolute Gasteiger partial charge is 0.338 e. The molecule has 0 aliphatic heterocycles. The molecule has 26 heavy (non-hydrogen) atoms. The van der Waals surface area contributed by atoms with Crippen molar-refractivity contribution in [2.24, 2.45) is 0 Å². The molecule has 5 nitrogen and oxygen atoms in total. The first kappa shape index (κ1) is 20.4. The Bertz CT molecular complexity index is 800. The van der Waals surface area contributed by atoms with Gasteiger partial charge in [-0.05, 0) is 43.3 Å². The number of hydrogen-bond donors (Lipinski definition) is 1. The first-order valence-corrected chi connectivity index (χ1v) is 8.76. The van der Waals surface area contributed by atoms with Gasteiger partial charge in [0.05, 0.1) is 21.3 Å². The molecule has 0 unspecified atom stereocenters. The van der Waals surface area contributed by atoms with Crippen molar-refractivity contribution in [2.75, 3.05) is 24.3 Å².